The van der Waals surface area contributed by atoms with Crippen molar-refractivity contribution in [2.75, 3.05) is 0 Å². The van der Waals surface area contributed by atoms with Gasteiger partial charge in [0.15, 0.2) is 0 Å². The Balaban J connectivity index is 2.02. The van der Waals surface area contributed by atoms with Crippen molar-refractivity contribution < 1.29 is 28.6 Å². The molecule has 0 aliphatic heterocycles. The molecule has 0 unspecified atom stereocenters. The summed E-state index contributed by atoms with van der Waals surface area (Å²) >= 11 is 0. The first-order valence-electron chi connectivity index (χ1n) is 8.80. The third-order valence-corrected chi connectivity index (χ3v) is 3.87. The summed E-state index contributed by atoms with van der Waals surface area (Å²) in [6, 6.07) is 10.0. The minimum atomic E-state index is 0.258. The average Bonchev–Trinajstić information content (AvgIpc) is 2.80. The summed E-state index contributed by atoms with van der Waals surface area (Å²) in [5.74, 6) is 0.258. The van der Waals surface area contributed by atoms with Gasteiger partial charge in [-0.25, -0.2) is 4.98 Å². The molecule has 0 aliphatic rings. The topological polar surface area (TPSA) is 118 Å². The van der Waals surface area contributed by atoms with E-state index < -0.39 is 0 Å². The number of ether oxygens (including phenoxy) is 3. The van der Waals surface area contributed by atoms with Crippen LogP contribution in [0.1, 0.15) is 11.1 Å². The van der Waals surface area contributed by atoms with Crippen molar-refractivity contribution in [1.82, 2.24) is 15.0 Å². The van der Waals surface area contributed by atoms with Gasteiger partial charge in [0.25, 0.3) is 19.4 Å². The standard InChI is InChI=1S/C22H15N3O6/c26-13-29-7-3-16-1-5-23-19(9-16)21-11-18(31-15-28)12-22(25-21)20-10-17(2-6-24-20)4-8-30-14-27/h1-15H. The Morgan fingerprint density at radius 3 is 1.61 bits per heavy atom. The van der Waals surface area contributed by atoms with Crippen molar-refractivity contribution in [2.24, 2.45) is 0 Å². The Hall–Kier alpha value is -4.66. The van der Waals surface area contributed by atoms with Gasteiger partial charge in [0.1, 0.15) is 5.75 Å². The molecule has 154 valence electrons. The smallest absolute Gasteiger partial charge is 0.298 e. The number of nitrogens with zero attached hydrogens (tertiary/aromatic N) is 3. The molecule has 31 heavy (non-hydrogen) atoms. The third-order valence-electron chi connectivity index (χ3n) is 3.87. The average molecular weight is 417 g/mol. The Morgan fingerprint density at radius 2 is 1.16 bits per heavy atom. The summed E-state index contributed by atoms with van der Waals surface area (Å²) < 4.78 is 14.1. The minimum Gasteiger partial charge on any atom is -0.437 e. The zero-order valence-corrected chi connectivity index (χ0v) is 16.0. The molecule has 0 fully saturated rings. The van der Waals surface area contributed by atoms with Gasteiger partial charge in [-0.2, -0.15) is 0 Å². The van der Waals surface area contributed by atoms with Crippen LogP contribution in [-0.2, 0) is 23.9 Å². The molecule has 0 spiro atoms. The highest BCUT2D eigenvalue weighted by Crippen LogP contribution is 2.27. The van der Waals surface area contributed by atoms with E-state index >= 15 is 0 Å². The second-order valence-electron chi connectivity index (χ2n) is 5.81. The quantitative estimate of drug-likeness (QED) is 0.362. The fraction of sp³-hybridized carbons (Fsp3) is 0. The van der Waals surface area contributed by atoms with Crippen LogP contribution in [0, 0.1) is 0 Å². The molecule has 0 aromatic carbocycles. The van der Waals surface area contributed by atoms with Crippen molar-refractivity contribution in [3.63, 3.8) is 0 Å². The predicted molar refractivity (Wildman–Crippen MR) is 110 cm³/mol. The lowest BCUT2D eigenvalue weighted by atomic mass is 10.1. The van der Waals surface area contributed by atoms with Gasteiger partial charge >= 0.3 is 0 Å². The highest BCUT2D eigenvalue weighted by molar-refractivity contribution is 5.69. The number of carbonyl (C=O) groups excluding carboxylic acids is 3. The number of carbonyl (C=O) groups is 3. The lowest BCUT2D eigenvalue weighted by Gasteiger charge is -2.08. The summed E-state index contributed by atoms with van der Waals surface area (Å²) in [6.07, 6.45) is 8.81. The van der Waals surface area contributed by atoms with Crippen LogP contribution in [-0.4, -0.2) is 34.4 Å². The largest absolute Gasteiger partial charge is 0.437 e. The first kappa shape index (κ1) is 21.1. The summed E-state index contributed by atoms with van der Waals surface area (Å²) in [7, 11) is 0. The lowest BCUT2D eigenvalue weighted by molar-refractivity contribution is -0.124. The van der Waals surface area contributed by atoms with E-state index in [4.69, 9.17) is 4.74 Å². The lowest BCUT2D eigenvalue weighted by Crippen LogP contribution is -1.96. The van der Waals surface area contributed by atoms with Gasteiger partial charge in [-0.05, 0) is 47.5 Å². The molecule has 0 radical (unpaired) electrons. The fourth-order valence-electron chi connectivity index (χ4n) is 2.57. The molecule has 0 atom stereocenters. The van der Waals surface area contributed by atoms with E-state index in [-0.39, 0.29) is 5.75 Å². The van der Waals surface area contributed by atoms with E-state index in [1.807, 2.05) is 0 Å². The number of pyridine rings is 3. The Labute approximate surface area is 176 Å². The molecule has 0 saturated heterocycles. The molecule has 0 amide bonds. The molecular weight excluding hydrogens is 402 g/mol. The molecule has 3 aromatic rings. The van der Waals surface area contributed by atoms with Gasteiger partial charge in [-0.15, -0.1) is 0 Å². The van der Waals surface area contributed by atoms with Crippen molar-refractivity contribution in [2.45, 2.75) is 0 Å². The highest BCUT2D eigenvalue weighted by Gasteiger charge is 2.11. The van der Waals surface area contributed by atoms with E-state index in [0.29, 0.717) is 42.2 Å². The van der Waals surface area contributed by atoms with Crippen LogP contribution in [0.2, 0.25) is 0 Å². The van der Waals surface area contributed by atoms with E-state index in [9.17, 15) is 14.4 Å². The normalized spacial score (nSPS) is 10.7. The van der Waals surface area contributed by atoms with Gasteiger partial charge in [0, 0.05) is 24.5 Å². The third kappa shape index (κ3) is 5.91. The number of hydrogen-bond acceptors (Lipinski definition) is 9. The molecule has 3 rings (SSSR count). The van der Waals surface area contributed by atoms with Crippen molar-refractivity contribution in [3.05, 3.63) is 72.4 Å². The van der Waals surface area contributed by atoms with Gasteiger partial charge in [0.05, 0.1) is 35.3 Å². The van der Waals surface area contributed by atoms with E-state index in [0.717, 1.165) is 11.1 Å². The Bertz CT molecular complexity index is 1060. The maximum absolute atomic E-state index is 10.9. The van der Waals surface area contributed by atoms with Crippen LogP contribution in [0.25, 0.3) is 34.9 Å². The van der Waals surface area contributed by atoms with Crippen LogP contribution in [0.4, 0.5) is 0 Å². The molecule has 0 saturated carbocycles. The van der Waals surface area contributed by atoms with Gasteiger partial charge in [-0.1, -0.05) is 0 Å². The Morgan fingerprint density at radius 1 is 0.645 bits per heavy atom. The minimum absolute atomic E-state index is 0.258. The first-order valence-corrected chi connectivity index (χ1v) is 8.80. The van der Waals surface area contributed by atoms with Gasteiger partial charge < -0.3 is 14.2 Å². The second-order valence-corrected chi connectivity index (χ2v) is 5.81. The predicted octanol–water partition coefficient (Wildman–Crippen LogP) is 3.03. The van der Waals surface area contributed by atoms with E-state index in [1.54, 1.807) is 60.9 Å². The number of hydrogen-bond donors (Lipinski definition) is 0. The Kier molecular flexibility index (Phi) is 7.31. The fourth-order valence-corrected chi connectivity index (χ4v) is 2.57. The maximum Gasteiger partial charge on any atom is 0.298 e. The van der Waals surface area contributed by atoms with Gasteiger partial charge in [0.2, 0.25) is 0 Å². The van der Waals surface area contributed by atoms with Crippen LogP contribution >= 0.6 is 0 Å². The summed E-state index contributed by atoms with van der Waals surface area (Å²) in [5.41, 5.74) is 3.32. The molecule has 3 aromatic heterocycles. The van der Waals surface area contributed by atoms with E-state index in [2.05, 4.69) is 24.4 Å². The highest BCUT2D eigenvalue weighted by atomic mass is 16.5. The molecular formula is C22H15N3O6. The molecule has 9 heteroatoms. The summed E-state index contributed by atoms with van der Waals surface area (Å²) in [5, 5.41) is 0. The molecule has 3 heterocycles. The molecule has 9 nitrogen and oxygen atoms in total. The van der Waals surface area contributed by atoms with Crippen LogP contribution in [0.15, 0.2) is 61.3 Å². The molecule has 0 N–H and O–H groups in total. The SMILES string of the molecule is O=COC=Cc1ccnc(-c2cc(OC=O)cc(-c3cc(C=COC=O)ccn3)n2)c1. The van der Waals surface area contributed by atoms with E-state index in [1.165, 1.54) is 12.5 Å². The van der Waals surface area contributed by atoms with Gasteiger partial charge in [-0.3, -0.25) is 24.4 Å². The van der Waals surface area contributed by atoms with Crippen molar-refractivity contribution in [1.29, 1.82) is 0 Å². The summed E-state index contributed by atoms with van der Waals surface area (Å²) in [4.78, 5) is 44.7. The number of rotatable bonds is 10. The first-order chi connectivity index (χ1) is 15.2. The zero-order valence-electron chi connectivity index (χ0n) is 16.0. The number of aromatic nitrogens is 3. The zero-order chi connectivity index (χ0) is 21.9. The van der Waals surface area contributed by atoms with Crippen LogP contribution in [0.3, 0.4) is 0 Å². The van der Waals surface area contributed by atoms with Crippen molar-refractivity contribution >= 4 is 31.6 Å². The maximum atomic E-state index is 10.9. The summed E-state index contributed by atoms with van der Waals surface area (Å²) in [6.45, 7) is 0.942. The molecule has 0 bridgehead atoms. The van der Waals surface area contributed by atoms with Crippen molar-refractivity contribution in [3.8, 4) is 28.5 Å². The molecule has 0 aliphatic carbocycles. The van der Waals surface area contributed by atoms with Crippen LogP contribution < -0.4 is 4.74 Å². The second kappa shape index (κ2) is 10.8. The monoisotopic (exact) mass is 417 g/mol. The van der Waals surface area contributed by atoms with Crippen LogP contribution in [0.5, 0.6) is 5.75 Å².